The fourth-order valence-corrected chi connectivity index (χ4v) is 2.65. The number of aromatic nitrogens is 2. The lowest BCUT2D eigenvalue weighted by Crippen LogP contribution is -2.50. The Balaban J connectivity index is 2.11. The fourth-order valence-electron chi connectivity index (χ4n) is 2.65. The van der Waals surface area contributed by atoms with Gasteiger partial charge in [0.25, 0.3) is 0 Å². The lowest BCUT2D eigenvalue weighted by Gasteiger charge is -2.39. The molecular formula is C11H17N3. The van der Waals surface area contributed by atoms with Gasteiger partial charge in [-0.2, -0.15) is 0 Å². The van der Waals surface area contributed by atoms with Gasteiger partial charge in [-0.1, -0.05) is 6.92 Å². The quantitative estimate of drug-likeness (QED) is 0.707. The zero-order valence-corrected chi connectivity index (χ0v) is 8.85. The predicted octanol–water partition coefficient (Wildman–Crippen LogP) is 1.57. The van der Waals surface area contributed by atoms with Crippen LogP contribution in [0.15, 0.2) is 6.33 Å². The van der Waals surface area contributed by atoms with Crippen LogP contribution in [0.3, 0.4) is 0 Å². The van der Waals surface area contributed by atoms with Crippen molar-refractivity contribution in [3.05, 3.63) is 17.7 Å². The first-order chi connectivity index (χ1) is 6.66. The van der Waals surface area contributed by atoms with Crippen molar-refractivity contribution in [3.8, 4) is 0 Å². The Hall–Kier alpha value is -0.830. The maximum Gasteiger partial charge on any atom is 0.0926 e. The summed E-state index contributed by atoms with van der Waals surface area (Å²) in [5.41, 5.74) is 3.11. The summed E-state index contributed by atoms with van der Waals surface area (Å²) in [7, 11) is 0. The summed E-state index contributed by atoms with van der Waals surface area (Å²) >= 11 is 0. The van der Waals surface area contributed by atoms with Crippen LogP contribution in [-0.4, -0.2) is 16.5 Å². The average Bonchev–Trinajstić information content (AvgIpc) is 2.76. The van der Waals surface area contributed by atoms with Gasteiger partial charge in [-0.05, 0) is 25.2 Å². The van der Waals surface area contributed by atoms with Crippen molar-refractivity contribution in [1.29, 1.82) is 0 Å². The van der Waals surface area contributed by atoms with Gasteiger partial charge in [0.05, 0.1) is 17.6 Å². The molecule has 0 aromatic carbocycles. The van der Waals surface area contributed by atoms with E-state index in [2.05, 4.69) is 29.1 Å². The van der Waals surface area contributed by atoms with E-state index in [1.54, 1.807) is 0 Å². The van der Waals surface area contributed by atoms with Crippen LogP contribution in [0.4, 0.5) is 0 Å². The molecule has 14 heavy (non-hydrogen) atoms. The number of aromatic amines is 1. The van der Waals surface area contributed by atoms with Gasteiger partial charge < -0.3 is 10.3 Å². The summed E-state index contributed by atoms with van der Waals surface area (Å²) in [5, 5.41) is 3.66. The maximum absolute atomic E-state index is 4.50. The van der Waals surface area contributed by atoms with Crippen LogP contribution >= 0.6 is 0 Å². The van der Waals surface area contributed by atoms with Crippen LogP contribution in [-0.2, 0) is 12.0 Å². The van der Waals surface area contributed by atoms with Crippen molar-refractivity contribution in [3.63, 3.8) is 0 Å². The van der Waals surface area contributed by atoms with Crippen LogP contribution in [0.1, 0.15) is 38.1 Å². The zero-order valence-electron chi connectivity index (χ0n) is 8.85. The minimum absolute atomic E-state index is 0.0978. The van der Waals surface area contributed by atoms with E-state index in [-0.39, 0.29) is 5.54 Å². The SMILES string of the molecule is CC1(C2(C)NCCc3[nH]cnc32)CC1. The third-order valence-corrected chi connectivity index (χ3v) is 4.25. The van der Waals surface area contributed by atoms with Crippen LogP contribution in [0, 0.1) is 5.41 Å². The standard InChI is InChI=1S/C11H17N3/c1-10(4-5-10)11(2)9-8(3-6-14-11)12-7-13-9/h7,14H,3-6H2,1-2H3,(H,12,13). The number of imidazole rings is 1. The molecule has 3 rings (SSSR count). The molecule has 2 aliphatic rings. The van der Waals surface area contributed by atoms with Crippen molar-refractivity contribution in [2.24, 2.45) is 5.41 Å². The van der Waals surface area contributed by atoms with E-state index < -0.39 is 0 Å². The van der Waals surface area contributed by atoms with Gasteiger partial charge in [0, 0.05) is 18.7 Å². The summed E-state index contributed by atoms with van der Waals surface area (Å²) in [4.78, 5) is 7.76. The predicted molar refractivity (Wildman–Crippen MR) is 55.0 cm³/mol. The number of hydrogen-bond acceptors (Lipinski definition) is 2. The Morgan fingerprint density at radius 2 is 2.14 bits per heavy atom. The Bertz CT molecular complexity index is 364. The Morgan fingerprint density at radius 3 is 2.86 bits per heavy atom. The smallest absolute Gasteiger partial charge is 0.0926 e. The molecule has 1 fully saturated rings. The van der Waals surface area contributed by atoms with Crippen molar-refractivity contribution < 1.29 is 0 Å². The maximum atomic E-state index is 4.50. The molecule has 76 valence electrons. The van der Waals surface area contributed by atoms with Crippen LogP contribution in [0.25, 0.3) is 0 Å². The summed E-state index contributed by atoms with van der Waals surface area (Å²) in [6.45, 7) is 5.74. The van der Waals surface area contributed by atoms with Crippen LogP contribution < -0.4 is 5.32 Å². The fraction of sp³-hybridized carbons (Fsp3) is 0.727. The first kappa shape index (κ1) is 8.48. The minimum atomic E-state index is 0.0978. The number of rotatable bonds is 1. The van der Waals surface area contributed by atoms with Crippen molar-refractivity contribution >= 4 is 0 Å². The number of H-pyrrole nitrogens is 1. The van der Waals surface area contributed by atoms with Gasteiger partial charge in [0.2, 0.25) is 0 Å². The second-order valence-corrected chi connectivity index (χ2v) is 5.09. The Morgan fingerprint density at radius 1 is 1.36 bits per heavy atom. The molecule has 1 atom stereocenters. The third kappa shape index (κ3) is 0.883. The van der Waals surface area contributed by atoms with Crippen molar-refractivity contribution in [2.45, 2.75) is 38.6 Å². The van der Waals surface area contributed by atoms with Gasteiger partial charge >= 0.3 is 0 Å². The molecule has 0 amide bonds. The molecule has 1 aliphatic heterocycles. The van der Waals surface area contributed by atoms with Gasteiger partial charge in [-0.25, -0.2) is 4.98 Å². The molecule has 1 unspecified atom stereocenters. The molecule has 1 aromatic heterocycles. The molecule has 0 spiro atoms. The molecule has 1 aliphatic carbocycles. The zero-order chi connectivity index (χ0) is 9.81. The average molecular weight is 191 g/mol. The molecular weight excluding hydrogens is 174 g/mol. The lowest BCUT2D eigenvalue weighted by molar-refractivity contribution is 0.209. The molecule has 3 nitrogen and oxygen atoms in total. The molecule has 0 bridgehead atoms. The molecule has 3 heteroatoms. The largest absolute Gasteiger partial charge is 0.348 e. The normalized spacial score (nSPS) is 33.9. The number of hydrogen-bond donors (Lipinski definition) is 2. The molecule has 0 radical (unpaired) electrons. The van der Waals surface area contributed by atoms with E-state index in [0.717, 1.165) is 13.0 Å². The van der Waals surface area contributed by atoms with Crippen LogP contribution in [0.2, 0.25) is 0 Å². The monoisotopic (exact) mass is 191 g/mol. The van der Waals surface area contributed by atoms with Gasteiger partial charge in [-0.3, -0.25) is 0 Å². The molecule has 1 saturated carbocycles. The van der Waals surface area contributed by atoms with Crippen LogP contribution in [0.5, 0.6) is 0 Å². The first-order valence-electron chi connectivity index (χ1n) is 5.43. The number of nitrogens with one attached hydrogen (secondary N) is 2. The third-order valence-electron chi connectivity index (χ3n) is 4.25. The van der Waals surface area contributed by atoms with E-state index in [0.29, 0.717) is 5.41 Å². The van der Waals surface area contributed by atoms with Crippen molar-refractivity contribution in [1.82, 2.24) is 15.3 Å². The summed E-state index contributed by atoms with van der Waals surface area (Å²) < 4.78 is 0. The number of nitrogens with zero attached hydrogens (tertiary/aromatic N) is 1. The summed E-state index contributed by atoms with van der Waals surface area (Å²) in [6.07, 6.45) is 5.56. The van der Waals surface area contributed by atoms with Gasteiger partial charge in [-0.15, -0.1) is 0 Å². The van der Waals surface area contributed by atoms with E-state index >= 15 is 0 Å². The van der Waals surface area contributed by atoms with Crippen molar-refractivity contribution in [2.75, 3.05) is 6.54 Å². The second kappa shape index (κ2) is 2.40. The number of fused-ring (bicyclic) bond motifs is 1. The van der Waals surface area contributed by atoms with Gasteiger partial charge in [0.15, 0.2) is 0 Å². The second-order valence-electron chi connectivity index (χ2n) is 5.09. The van der Waals surface area contributed by atoms with E-state index in [9.17, 15) is 0 Å². The van der Waals surface area contributed by atoms with Gasteiger partial charge in [0.1, 0.15) is 0 Å². The topological polar surface area (TPSA) is 40.7 Å². The van der Waals surface area contributed by atoms with E-state index in [1.807, 2.05) is 6.33 Å². The minimum Gasteiger partial charge on any atom is -0.348 e. The summed E-state index contributed by atoms with van der Waals surface area (Å²) in [6, 6.07) is 0. The van der Waals surface area contributed by atoms with E-state index in [1.165, 1.54) is 24.2 Å². The molecule has 0 saturated heterocycles. The molecule has 1 aromatic rings. The molecule has 2 heterocycles. The molecule has 2 N–H and O–H groups in total. The highest BCUT2D eigenvalue weighted by molar-refractivity contribution is 5.29. The van der Waals surface area contributed by atoms with E-state index in [4.69, 9.17) is 0 Å². The first-order valence-corrected chi connectivity index (χ1v) is 5.43. The highest BCUT2D eigenvalue weighted by atomic mass is 15.1. The Kier molecular flexibility index (Phi) is 1.45. The highest BCUT2D eigenvalue weighted by Crippen LogP contribution is 2.58. The summed E-state index contributed by atoms with van der Waals surface area (Å²) in [5.74, 6) is 0. The highest BCUT2D eigenvalue weighted by Gasteiger charge is 2.56. The Labute approximate surface area is 84.3 Å². The lowest BCUT2D eigenvalue weighted by atomic mass is 9.78.